The van der Waals surface area contributed by atoms with E-state index >= 15 is 24.0 Å². The maximum atomic E-state index is 15.4. The Morgan fingerprint density at radius 2 is 1.18 bits per heavy atom. The van der Waals surface area contributed by atoms with Gasteiger partial charge in [0.2, 0.25) is 59.1 Å². The predicted octanol–water partition coefficient (Wildman–Crippen LogP) is 1.98. The molecule has 0 saturated carbocycles. The van der Waals surface area contributed by atoms with Crippen molar-refractivity contribution in [3.8, 4) is 5.75 Å². The number of hydrogen-bond donors (Lipinski definition) is 16. The fourth-order valence-electron chi connectivity index (χ4n) is 16.1. The van der Waals surface area contributed by atoms with Crippen LogP contribution >= 0.6 is 21.6 Å². The number of fused-ring (bicyclic) bond motifs is 1. The number of hydrogen-bond acceptors (Lipinski definition) is 29. The number of rotatable bonds is 47. The molecule has 0 radical (unpaired) electrons. The SMILES string of the molecule is CC[C@@H](C)[C@H]1NC(=O)[C@H](NC(=O)[C@@H](CC(C)C)N(C)C(=O)C2CCCN2C(=O)[C@@H](C)OC(=O)OCCSSC[C@H](NC(=O)[C@H](Cc2ccccc2)NC(=O)[C@H](CC(=O)O)NC(=O)CC[C@H](NC(=O)CC[C@@H](NC(=O)N[C@H](CCC(=O)O)C(=O)O)C(=O)O)C(=O)O)C(=O)O)[C@H](C)OC(=O)C(Cc2ccc(OC)cc2)N(C)C(=O)[C@H]2CCCN2C(=O)C(CC(C)C)NC(=O)[C@H](C)C(=O)[C@@H](C(C)C)CC(=O)C[C@@H]1O. The molecular formula is C93H135N13O33S2. The number of carbonyl (C=O) groups is 22. The first-order valence-electron chi connectivity index (χ1n) is 46.6. The van der Waals surface area contributed by atoms with Crippen molar-refractivity contribution >= 4 is 152 Å². The first-order chi connectivity index (χ1) is 66.3. The van der Waals surface area contributed by atoms with Crippen LogP contribution in [0.1, 0.15) is 190 Å². The van der Waals surface area contributed by atoms with Crippen molar-refractivity contribution in [3.05, 3.63) is 65.7 Å². The number of carboxylic acid groups (broad SMARTS) is 6. The Morgan fingerprint density at radius 3 is 1.74 bits per heavy atom. The van der Waals surface area contributed by atoms with Crippen LogP contribution in [0.5, 0.6) is 5.75 Å². The molecule has 0 aromatic heterocycles. The van der Waals surface area contributed by atoms with Crippen LogP contribution in [0.25, 0.3) is 0 Å². The molecule has 0 spiro atoms. The predicted molar refractivity (Wildman–Crippen MR) is 504 cm³/mol. The van der Waals surface area contributed by atoms with E-state index in [0.717, 1.165) is 36.3 Å². The van der Waals surface area contributed by atoms with E-state index in [4.69, 9.17) is 24.1 Å². The number of Topliss-reactive ketones (excluding diaryl/α,β-unsaturated/α-hetero) is 2. The van der Waals surface area contributed by atoms with E-state index in [-0.39, 0.29) is 81.4 Å². The third-order valence-corrected chi connectivity index (χ3v) is 26.7. The smallest absolute Gasteiger partial charge is 0.497 e. The van der Waals surface area contributed by atoms with Crippen LogP contribution < -0.4 is 52.6 Å². The Hall–Kier alpha value is -12.8. The molecule has 782 valence electrons. The van der Waals surface area contributed by atoms with Gasteiger partial charge in [-0.25, -0.2) is 33.6 Å². The fourth-order valence-corrected chi connectivity index (χ4v) is 18.1. The molecule has 19 atom stereocenters. The molecule has 0 bridgehead atoms. The van der Waals surface area contributed by atoms with Crippen molar-refractivity contribution < 1.29 is 160 Å². The molecule has 48 heteroatoms. The normalized spacial score (nSPS) is 21.6. The van der Waals surface area contributed by atoms with Crippen molar-refractivity contribution in [1.82, 2.24) is 67.5 Å². The Kier molecular flexibility index (Phi) is 48.7. The largest absolute Gasteiger partial charge is 0.509 e. The van der Waals surface area contributed by atoms with E-state index in [1.165, 1.54) is 59.0 Å². The van der Waals surface area contributed by atoms with Crippen LogP contribution in [-0.4, -0.2) is 335 Å². The maximum absolute atomic E-state index is 15.4. The number of benzene rings is 2. The second kappa shape index (κ2) is 57.8. The average molecular weight is 2030 g/mol. The number of aliphatic hydroxyl groups is 1. The monoisotopic (exact) mass is 2030 g/mol. The summed E-state index contributed by atoms with van der Waals surface area (Å²) in [5, 5.41) is 90.9. The standard InChI is InChI=1S/C93H135N13O33S2/c1-15-50(8)75-70(108)44-56(107)43-58(49(6)7)77(115)51(9)78(116)97-64(39-47(2)3)84(122)106-36-20-24-67(106)86(124)104(13)69(42-55-25-27-57(136-14)28-26-55)91(133)138-52(10)76(82(120)101-75)102-81(119)68(40-48(4)5)103(12)85(123)66-23-19-35-105(66)83(121)53(11)139-93(135)137-37-38-140-141-46-65(90(131)132)98-79(117)62(41-54-21-17-16-18-22-54)96-80(118)63(45-74(113)114)95-72(110)32-29-59(87(125)126)94-71(109)33-30-60(88(127)128)99-92(134)100-61(89(129)130)31-34-73(111)112/h16-18,21-22,25-28,47-53,58-70,75-76,108H,15,19-20,23-24,29-46H2,1-14H3,(H,94,109)(H,95,110)(H,96,118)(H,97,116)(H,98,117)(H,101,120)(H,102,119)(H,111,112)(H,113,114)(H,125,126)(H,127,128)(H,129,130)(H,131,132)(H2,99,100,134)/t50-,51-,52+,53-,58-,59+,60-,61-,62+,63+,64?,65+,66?,67-,68-,69?,70+,75-,76-/m1/s1. The van der Waals surface area contributed by atoms with Gasteiger partial charge in [-0.3, -0.25) is 71.9 Å². The van der Waals surface area contributed by atoms with Gasteiger partial charge in [0.25, 0.3) is 5.91 Å². The second-order valence-electron chi connectivity index (χ2n) is 36.4. The summed E-state index contributed by atoms with van der Waals surface area (Å²) in [4.78, 5) is 304. The molecule has 2 aromatic carbocycles. The number of carbonyl (C=O) groups excluding carboxylic acids is 16. The van der Waals surface area contributed by atoms with Crippen molar-refractivity contribution in [2.75, 3.05) is 52.4 Å². The van der Waals surface area contributed by atoms with Gasteiger partial charge < -0.3 is 122 Å². The highest BCUT2D eigenvalue weighted by atomic mass is 33.1. The molecular weight excluding hydrogens is 1890 g/mol. The number of aliphatic hydroxyl groups excluding tert-OH is 1. The summed E-state index contributed by atoms with van der Waals surface area (Å²) in [6.45, 7) is 17.5. The summed E-state index contributed by atoms with van der Waals surface area (Å²) in [6, 6.07) is -7.59. The number of ketones is 2. The van der Waals surface area contributed by atoms with E-state index in [2.05, 4.69) is 37.2 Å². The topological polar surface area (TPSA) is 675 Å². The minimum atomic E-state index is -1.98. The number of ether oxygens (including phenoxy) is 4. The highest BCUT2D eigenvalue weighted by Gasteiger charge is 2.48. The van der Waals surface area contributed by atoms with Crippen molar-refractivity contribution in [2.24, 2.45) is 35.5 Å². The summed E-state index contributed by atoms with van der Waals surface area (Å²) >= 11 is 0. The van der Waals surface area contributed by atoms with Crippen molar-refractivity contribution in [1.29, 1.82) is 0 Å². The van der Waals surface area contributed by atoms with Crippen LogP contribution in [0.2, 0.25) is 0 Å². The van der Waals surface area contributed by atoms with Crippen molar-refractivity contribution in [3.63, 3.8) is 0 Å². The fraction of sp³-hybridized carbons (Fsp3) is 0.634. The lowest BCUT2D eigenvalue weighted by Gasteiger charge is -2.36. The van der Waals surface area contributed by atoms with Crippen LogP contribution in [0.4, 0.5) is 9.59 Å². The molecule has 3 heterocycles. The van der Waals surface area contributed by atoms with Gasteiger partial charge in [-0.1, -0.05) is 126 Å². The third-order valence-electron chi connectivity index (χ3n) is 24.4. The molecule has 2 aromatic rings. The zero-order chi connectivity index (χ0) is 106. The summed E-state index contributed by atoms with van der Waals surface area (Å²) in [6.07, 6.45) is -12.1. The molecule has 141 heavy (non-hydrogen) atoms. The maximum Gasteiger partial charge on any atom is 0.509 e. The highest BCUT2D eigenvalue weighted by Crippen LogP contribution is 2.31. The van der Waals surface area contributed by atoms with E-state index < -0.39 is 315 Å². The second-order valence-corrected chi connectivity index (χ2v) is 39.0. The number of cyclic esters (lactones) is 1. The Balaban J connectivity index is 1.28. The molecule has 3 saturated heterocycles. The van der Waals surface area contributed by atoms with E-state index in [1.54, 1.807) is 84.0 Å². The zero-order valence-electron chi connectivity index (χ0n) is 81.5. The van der Waals surface area contributed by atoms with Gasteiger partial charge in [0.1, 0.15) is 103 Å². The molecule has 16 N–H and O–H groups in total. The summed E-state index contributed by atoms with van der Waals surface area (Å²) in [5.41, 5.74) is 0.901. The van der Waals surface area contributed by atoms with Crippen LogP contribution in [0.3, 0.4) is 0 Å². The Bertz CT molecular complexity index is 4740. The average Bonchev–Trinajstić information content (AvgIpc) is 1.32. The minimum absolute atomic E-state index is 0.0321. The number of methoxy groups -OCH3 is 1. The van der Waals surface area contributed by atoms with Gasteiger partial charge in [0.15, 0.2) is 6.10 Å². The van der Waals surface area contributed by atoms with Crippen LogP contribution in [0.15, 0.2) is 54.6 Å². The van der Waals surface area contributed by atoms with Gasteiger partial charge in [-0.05, 0) is 125 Å². The van der Waals surface area contributed by atoms with Gasteiger partial charge in [0.05, 0.1) is 31.6 Å². The summed E-state index contributed by atoms with van der Waals surface area (Å²) in [5.74, 6) is -26.4. The lowest BCUT2D eigenvalue weighted by atomic mass is 9.80. The first kappa shape index (κ1) is 119. The van der Waals surface area contributed by atoms with Crippen LogP contribution in [-0.2, 0) is 123 Å². The van der Waals surface area contributed by atoms with Gasteiger partial charge in [-0.15, -0.1) is 0 Å². The van der Waals surface area contributed by atoms with Crippen molar-refractivity contribution in [2.45, 2.75) is 289 Å². The van der Waals surface area contributed by atoms with E-state index in [1.807, 2.05) is 24.5 Å². The number of likely N-dealkylation sites (N-methyl/N-ethyl adjacent to an activating group) is 2. The minimum Gasteiger partial charge on any atom is -0.497 e. The zero-order valence-corrected chi connectivity index (χ0v) is 83.1. The summed E-state index contributed by atoms with van der Waals surface area (Å²) in [7, 11) is 5.94. The number of aliphatic carboxylic acids is 6. The molecule has 5 rings (SSSR count). The van der Waals surface area contributed by atoms with Crippen LogP contribution in [0, 0.1) is 35.5 Å². The quantitative estimate of drug-likeness (QED) is 0.0195. The molecule has 46 nitrogen and oxygen atoms in total. The lowest BCUT2D eigenvalue weighted by molar-refractivity contribution is -0.162. The first-order valence-corrected chi connectivity index (χ1v) is 49.1. The summed E-state index contributed by atoms with van der Waals surface area (Å²) < 4.78 is 22.2. The molecule has 3 aliphatic heterocycles. The van der Waals surface area contributed by atoms with Gasteiger partial charge in [0, 0.05) is 89.6 Å². The molecule has 0 aliphatic carbocycles. The number of likely N-dealkylation sites (tertiary alicyclic amines) is 1. The molecule has 3 unspecified atom stereocenters. The number of urea groups is 1. The highest BCUT2D eigenvalue weighted by molar-refractivity contribution is 8.76. The van der Waals surface area contributed by atoms with Gasteiger partial charge in [-0.2, -0.15) is 0 Å². The molecule has 13 amide bonds. The number of esters is 1. The lowest BCUT2D eigenvalue weighted by Crippen LogP contribution is -2.62. The van der Waals surface area contributed by atoms with E-state index in [0.29, 0.717) is 29.7 Å². The van der Waals surface area contributed by atoms with Gasteiger partial charge >= 0.3 is 54.0 Å². The number of nitrogens with zero attached hydrogens (tertiary/aromatic N) is 4. The third kappa shape index (κ3) is 38.0. The molecule has 3 aliphatic rings. The number of amides is 13. The Labute approximate surface area is 823 Å². The molecule has 3 fully saturated rings. The number of nitrogens with one attached hydrogen (secondary N) is 9. The van der Waals surface area contributed by atoms with E-state index in [9.17, 15) is 112 Å². The Morgan fingerprint density at radius 1 is 0.617 bits per heavy atom. The number of carboxylic acids is 6.